The summed E-state index contributed by atoms with van der Waals surface area (Å²) in [4.78, 5) is 13.2. The summed E-state index contributed by atoms with van der Waals surface area (Å²) in [6.45, 7) is 10.4. The van der Waals surface area contributed by atoms with Gasteiger partial charge in [0.25, 0.3) is 5.91 Å². The lowest BCUT2D eigenvalue weighted by Crippen LogP contribution is -2.47. The van der Waals surface area contributed by atoms with Crippen LogP contribution in [-0.4, -0.2) is 17.6 Å². The van der Waals surface area contributed by atoms with E-state index in [0.29, 0.717) is 6.42 Å². The zero-order chi connectivity index (χ0) is 21.0. The Hall–Kier alpha value is -2.49. The zero-order valence-electron chi connectivity index (χ0n) is 18.2. The standard InChI is InChI=1S/C25H33NO3/c1-6-21(28-22-15-11-12-17(4)18(22)5)24(27)26-20-16-25(7-2,8-3)29-23-14-10-9-13-19(20)23/h9-15,20-21H,6-8,16H2,1-5H3,(H,26,27). The van der Waals surface area contributed by atoms with Crippen molar-refractivity contribution in [3.8, 4) is 11.5 Å². The van der Waals surface area contributed by atoms with Crippen LogP contribution < -0.4 is 14.8 Å². The molecule has 2 unspecified atom stereocenters. The van der Waals surface area contributed by atoms with Crippen LogP contribution in [0.15, 0.2) is 42.5 Å². The number of benzene rings is 2. The topological polar surface area (TPSA) is 47.6 Å². The molecule has 0 aromatic heterocycles. The molecular formula is C25H33NO3. The highest BCUT2D eigenvalue weighted by atomic mass is 16.5. The van der Waals surface area contributed by atoms with E-state index in [9.17, 15) is 4.79 Å². The van der Waals surface area contributed by atoms with Gasteiger partial charge in [-0.3, -0.25) is 4.79 Å². The molecule has 1 N–H and O–H groups in total. The molecule has 0 spiro atoms. The van der Waals surface area contributed by atoms with Gasteiger partial charge in [0.15, 0.2) is 6.10 Å². The van der Waals surface area contributed by atoms with E-state index in [2.05, 4.69) is 32.2 Å². The van der Waals surface area contributed by atoms with Gasteiger partial charge in [-0.25, -0.2) is 0 Å². The monoisotopic (exact) mass is 395 g/mol. The SMILES string of the molecule is CCC(Oc1cccc(C)c1C)C(=O)NC1CC(CC)(CC)Oc2ccccc21. The van der Waals surface area contributed by atoms with E-state index in [-0.39, 0.29) is 17.6 Å². The third kappa shape index (κ3) is 4.42. The minimum absolute atomic E-state index is 0.0729. The summed E-state index contributed by atoms with van der Waals surface area (Å²) in [5.74, 6) is 1.57. The van der Waals surface area contributed by atoms with Gasteiger partial charge in [-0.05, 0) is 56.4 Å². The second kappa shape index (κ2) is 8.89. The predicted molar refractivity (Wildman–Crippen MR) is 117 cm³/mol. The fourth-order valence-electron chi connectivity index (χ4n) is 4.02. The molecule has 4 nitrogen and oxygen atoms in total. The van der Waals surface area contributed by atoms with Gasteiger partial charge in [0.1, 0.15) is 17.1 Å². The average molecular weight is 396 g/mol. The first-order valence-electron chi connectivity index (χ1n) is 10.7. The number of rotatable bonds is 7. The van der Waals surface area contributed by atoms with Gasteiger partial charge >= 0.3 is 0 Å². The third-order valence-electron chi connectivity index (χ3n) is 6.29. The van der Waals surface area contributed by atoms with Crippen molar-refractivity contribution in [1.29, 1.82) is 0 Å². The Kier molecular flexibility index (Phi) is 6.51. The maximum Gasteiger partial charge on any atom is 0.261 e. The molecule has 2 aromatic rings. The van der Waals surface area contributed by atoms with Crippen molar-refractivity contribution < 1.29 is 14.3 Å². The summed E-state index contributed by atoms with van der Waals surface area (Å²) in [5, 5.41) is 3.26. The second-order valence-corrected chi connectivity index (χ2v) is 8.01. The molecule has 3 rings (SSSR count). The van der Waals surface area contributed by atoms with Gasteiger partial charge in [0.05, 0.1) is 6.04 Å². The van der Waals surface area contributed by atoms with E-state index in [1.807, 2.05) is 50.2 Å². The number of hydrogen-bond donors (Lipinski definition) is 1. The van der Waals surface area contributed by atoms with Crippen molar-refractivity contribution >= 4 is 5.91 Å². The van der Waals surface area contributed by atoms with E-state index >= 15 is 0 Å². The highest BCUT2D eigenvalue weighted by molar-refractivity contribution is 5.81. The maximum atomic E-state index is 13.2. The third-order valence-corrected chi connectivity index (χ3v) is 6.29. The summed E-state index contributed by atoms with van der Waals surface area (Å²) in [7, 11) is 0. The average Bonchev–Trinajstić information content (AvgIpc) is 2.74. The zero-order valence-corrected chi connectivity index (χ0v) is 18.2. The van der Waals surface area contributed by atoms with Crippen LogP contribution in [0.4, 0.5) is 0 Å². The molecule has 156 valence electrons. The fraction of sp³-hybridized carbons (Fsp3) is 0.480. The van der Waals surface area contributed by atoms with Gasteiger partial charge in [0, 0.05) is 12.0 Å². The number of ether oxygens (including phenoxy) is 2. The number of amides is 1. The fourth-order valence-corrected chi connectivity index (χ4v) is 4.02. The van der Waals surface area contributed by atoms with E-state index in [1.165, 1.54) is 0 Å². The Bertz CT molecular complexity index is 857. The van der Waals surface area contributed by atoms with Crippen molar-refractivity contribution in [2.24, 2.45) is 0 Å². The van der Waals surface area contributed by atoms with Crippen LogP contribution in [0.5, 0.6) is 11.5 Å². The molecular weight excluding hydrogens is 362 g/mol. The smallest absolute Gasteiger partial charge is 0.261 e. The van der Waals surface area contributed by atoms with Crippen molar-refractivity contribution in [1.82, 2.24) is 5.32 Å². The van der Waals surface area contributed by atoms with Crippen molar-refractivity contribution in [3.63, 3.8) is 0 Å². The predicted octanol–water partition coefficient (Wildman–Crippen LogP) is 5.66. The normalized spacial score (nSPS) is 18.3. The Morgan fingerprint density at radius 3 is 2.55 bits per heavy atom. The highest BCUT2D eigenvalue weighted by Crippen LogP contribution is 2.42. The molecule has 0 fully saturated rings. The van der Waals surface area contributed by atoms with Crippen LogP contribution in [0.3, 0.4) is 0 Å². The molecule has 2 aromatic carbocycles. The molecule has 1 heterocycles. The van der Waals surface area contributed by atoms with Gasteiger partial charge < -0.3 is 14.8 Å². The first-order valence-corrected chi connectivity index (χ1v) is 10.7. The quantitative estimate of drug-likeness (QED) is 0.658. The van der Waals surface area contributed by atoms with Crippen LogP contribution in [-0.2, 0) is 4.79 Å². The van der Waals surface area contributed by atoms with Crippen LogP contribution in [0, 0.1) is 13.8 Å². The summed E-state index contributed by atoms with van der Waals surface area (Å²) < 4.78 is 12.5. The van der Waals surface area contributed by atoms with Gasteiger partial charge in [-0.2, -0.15) is 0 Å². The maximum absolute atomic E-state index is 13.2. The van der Waals surface area contributed by atoms with Crippen LogP contribution >= 0.6 is 0 Å². The number of carbonyl (C=O) groups is 1. The molecule has 0 bridgehead atoms. The molecule has 0 saturated carbocycles. The molecule has 0 radical (unpaired) electrons. The Labute approximate surface area is 174 Å². The summed E-state index contributed by atoms with van der Waals surface area (Å²) in [5.41, 5.74) is 3.03. The molecule has 29 heavy (non-hydrogen) atoms. The van der Waals surface area contributed by atoms with E-state index in [4.69, 9.17) is 9.47 Å². The van der Waals surface area contributed by atoms with Crippen LogP contribution in [0.2, 0.25) is 0 Å². The lowest BCUT2D eigenvalue weighted by molar-refractivity contribution is -0.129. The first-order chi connectivity index (χ1) is 13.9. The van der Waals surface area contributed by atoms with Gasteiger partial charge in [0.2, 0.25) is 0 Å². The summed E-state index contributed by atoms with van der Waals surface area (Å²) in [6.07, 6.45) is 2.66. The number of fused-ring (bicyclic) bond motifs is 1. The lowest BCUT2D eigenvalue weighted by atomic mass is 9.83. The number of aryl methyl sites for hydroxylation is 1. The largest absolute Gasteiger partial charge is 0.487 e. The number of para-hydroxylation sites is 1. The van der Waals surface area contributed by atoms with E-state index in [1.54, 1.807) is 0 Å². The molecule has 2 atom stereocenters. The van der Waals surface area contributed by atoms with Gasteiger partial charge in [-0.1, -0.05) is 51.1 Å². The molecule has 1 amide bonds. The molecule has 1 aliphatic heterocycles. The summed E-state index contributed by atoms with van der Waals surface area (Å²) >= 11 is 0. The van der Waals surface area contributed by atoms with Crippen molar-refractivity contribution in [2.75, 3.05) is 0 Å². The Morgan fingerprint density at radius 2 is 1.86 bits per heavy atom. The second-order valence-electron chi connectivity index (χ2n) is 8.01. The number of hydrogen-bond acceptors (Lipinski definition) is 3. The molecule has 1 aliphatic rings. The van der Waals surface area contributed by atoms with Crippen molar-refractivity contribution in [3.05, 3.63) is 59.2 Å². The molecule has 0 aliphatic carbocycles. The van der Waals surface area contributed by atoms with Crippen molar-refractivity contribution in [2.45, 2.75) is 78.0 Å². The van der Waals surface area contributed by atoms with Crippen LogP contribution in [0.1, 0.15) is 69.2 Å². The lowest BCUT2D eigenvalue weighted by Gasteiger charge is -2.42. The minimum atomic E-state index is -0.525. The van der Waals surface area contributed by atoms with Gasteiger partial charge in [-0.15, -0.1) is 0 Å². The molecule has 0 saturated heterocycles. The highest BCUT2D eigenvalue weighted by Gasteiger charge is 2.39. The van der Waals surface area contributed by atoms with Crippen LogP contribution in [0.25, 0.3) is 0 Å². The Morgan fingerprint density at radius 1 is 1.14 bits per heavy atom. The van der Waals surface area contributed by atoms with E-state index < -0.39 is 6.10 Å². The van der Waals surface area contributed by atoms with E-state index in [0.717, 1.165) is 47.5 Å². The Balaban J connectivity index is 1.81. The first kappa shape index (κ1) is 21.2. The number of nitrogens with one attached hydrogen (secondary N) is 1. The molecule has 4 heteroatoms. The minimum Gasteiger partial charge on any atom is -0.487 e. The summed E-state index contributed by atoms with van der Waals surface area (Å²) in [6, 6.07) is 13.9. The number of carbonyl (C=O) groups excluding carboxylic acids is 1.